The normalized spacial score (nSPS) is 14.6. The van der Waals surface area contributed by atoms with E-state index in [1.54, 1.807) is 0 Å². The topological polar surface area (TPSA) is 153 Å². The molecule has 12 nitrogen and oxygen atoms in total. The van der Waals surface area contributed by atoms with Crippen molar-refractivity contribution < 1.29 is 56.1 Å². The molecule has 15 heteroatoms. The van der Waals surface area contributed by atoms with Crippen LogP contribution in [0.4, 0.5) is 0 Å². The molecule has 1 N–H and O–H groups in total. The van der Waals surface area contributed by atoms with Gasteiger partial charge >= 0.3 is 27.1 Å². The molecule has 0 saturated carbocycles. The van der Waals surface area contributed by atoms with Crippen LogP contribution in [0.3, 0.4) is 0 Å². The molecule has 0 atom stereocenters. The van der Waals surface area contributed by atoms with Crippen LogP contribution >= 0.6 is 15.2 Å². The molecule has 0 bridgehead atoms. The van der Waals surface area contributed by atoms with Crippen molar-refractivity contribution in [3.05, 3.63) is 78.9 Å². The molecule has 0 unspecified atom stereocenters. The van der Waals surface area contributed by atoms with Crippen LogP contribution in [-0.4, -0.2) is 72.5 Å². The van der Waals surface area contributed by atoms with E-state index < -0.39 is 29.2 Å². The fourth-order valence-electron chi connectivity index (χ4n) is 6.98. The number of phenols is 1. The number of fused-ring (bicyclic) bond motifs is 2. The van der Waals surface area contributed by atoms with Crippen LogP contribution in [0.5, 0.6) is 11.5 Å². The second-order valence-electron chi connectivity index (χ2n) is 15.3. The summed E-state index contributed by atoms with van der Waals surface area (Å²) in [7, 11) is -2.04. The van der Waals surface area contributed by atoms with Gasteiger partial charge in [0.05, 0.1) is 18.9 Å². The van der Waals surface area contributed by atoms with E-state index in [0.717, 1.165) is 63.4 Å². The molecule has 0 fully saturated rings. The van der Waals surface area contributed by atoms with Crippen molar-refractivity contribution in [1.29, 1.82) is 0 Å². The first-order chi connectivity index (χ1) is 26.2. The summed E-state index contributed by atoms with van der Waals surface area (Å²) >= 11 is 0. The molecular weight excluding hydrogens is 774 g/mol. The Bertz CT molecular complexity index is 1930. The minimum atomic E-state index is -3.13. The van der Waals surface area contributed by atoms with E-state index >= 15 is 0 Å². The molecule has 56 heavy (non-hydrogen) atoms. The van der Waals surface area contributed by atoms with E-state index in [1.807, 2.05) is 39.8 Å². The van der Waals surface area contributed by atoms with Gasteiger partial charge in [-0.05, 0) is 81.7 Å². The van der Waals surface area contributed by atoms with Crippen molar-refractivity contribution in [2.24, 2.45) is 0 Å². The smallest absolute Gasteiger partial charge is 0.342 e. The summed E-state index contributed by atoms with van der Waals surface area (Å²) in [6.07, 6.45) is 6.86. The standard InChI is InChI=1S/C23H37O6PSi.C18H25O6P/c1-9-18-17(3)20-14-29-23(24)21(20)22(28-12-13-31(6,7)8)19(18)11-10-16(2)15-30(25,26-4)27-5;1-6-13-12(3)15-9-24-18(20)16(15)17(19)14(13)8-7-11(2)10-25(21,22-4)23-5/h10H,9,11-15H2,1-8H3;7,19H,6,8-10H2,1-5H3/b16-10+;11-7+. The quantitative estimate of drug-likeness (QED) is 0.0658. The molecule has 2 heterocycles. The highest BCUT2D eigenvalue weighted by molar-refractivity contribution is 7.54. The molecule has 2 aromatic rings. The Morgan fingerprint density at radius 1 is 0.714 bits per heavy atom. The van der Waals surface area contributed by atoms with E-state index in [0.29, 0.717) is 42.9 Å². The maximum absolute atomic E-state index is 12.6. The third kappa shape index (κ3) is 11.3. The number of carbonyl (C=O) groups excluding carboxylic acids is 2. The lowest BCUT2D eigenvalue weighted by Crippen LogP contribution is -2.23. The summed E-state index contributed by atoms with van der Waals surface area (Å²) in [6.45, 7) is 19.9. The maximum atomic E-state index is 12.6. The first-order valence-corrected chi connectivity index (χ1v) is 26.1. The lowest BCUT2D eigenvalue weighted by Gasteiger charge is -2.22. The predicted molar refractivity (Wildman–Crippen MR) is 223 cm³/mol. The molecule has 0 spiro atoms. The molecule has 0 aliphatic carbocycles. The number of hydrogen-bond acceptors (Lipinski definition) is 12. The fourth-order valence-corrected chi connectivity index (χ4v) is 9.99. The number of esters is 2. The number of phenolic OH excluding ortho intramolecular Hbond substituents is 1. The van der Waals surface area contributed by atoms with Gasteiger partial charge in [-0.1, -0.05) is 56.8 Å². The van der Waals surface area contributed by atoms with Gasteiger partial charge in [0.25, 0.3) is 0 Å². The Hall–Kier alpha value is -3.02. The zero-order chi connectivity index (χ0) is 42.2. The average molecular weight is 837 g/mol. The lowest BCUT2D eigenvalue weighted by molar-refractivity contribution is 0.0523. The Balaban J connectivity index is 0.000000307. The molecule has 2 aliphatic rings. The summed E-state index contributed by atoms with van der Waals surface area (Å²) in [6, 6.07) is 1.01. The van der Waals surface area contributed by atoms with Crippen LogP contribution in [0.2, 0.25) is 25.7 Å². The van der Waals surface area contributed by atoms with Crippen molar-refractivity contribution in [2.45, 2.75) is 106 Å². The van der Waals surface area contributed by atoms with Crippen molar-refractivity contribution >= 4 is 35.2 Å². The molecule has 2 aromatic carbocycles. The molecular formula is C41H62O12P2Si. The Labute approximate surface area is 334 Å². The van der Waals surface area contributed by atoms with Gasteiger partial charge in [0.2, 0.25) is 0 Å². The zero-order valence-corrected chi connectivity index (χ0v) is 38.3. The summed E-state index contributed by atoms with van der Waals surface area (Å²) in [5, 5.41) is 10.6. The summed E-state index contributed by atoms with van der Waals surface area (Å²) in [5.41, 5.74) is 10.3. The van der Waals surface area contributed by atoms with Gasteiger partial charge < -0.3 is 37.4 Å². The zero-order valence-electron chi connectivity index (χ0n) is 35.6. The Morgan fingerprint density at radius 2 is 1.12 bits per heavy atom. The highest BCUT2D eigenvalue weighted by atomic mass is 31.2. The molecule has 0 saturated heterocycles. The number of carbonyl (C=O) groups is 2. The van der Waals surface area contributed by atoms with Crippen molar-refractivity contribution in [3.63, 3.8) is 0 Å². The van der Waals surface area contributed by atoms with Crippen molar-refractivity contribution in [2.75, 3.05) is 47.4 Å². The van der Waals surface area contributed by atoms with Gasteiger partial charge in [-0.25, -0.2) is 9.59 Å². The van der Waals surface area contributed by atoms with Crippen molar-refractivity contribution in [1.82, 2.24) is 0 Å². The molecule has 4 rings (SSSR count). The van der Waals surface area contributed by atoms with Crippen LogP contribution in [0, 0.1) is 13.8 Å². The number of allylic oxidation sites excluding steroid dienone is 4. The number of benzene rings is 2. The first kappa shape index (κ1) is 47.4. The SMILES string of the molecule is CCc1c(C)c2c(c(O)c1C/C=C(\C)CP(=O)(OC)OC)C(=O)OC2.CCc1c(C)c2c(c(OCC[Si](C)(C)C)c1C/C=C(\C)CP(=O)(OC)OC)C(=O)OC2. The fraction of sp³-hybridized carbons (Fsp3) is 0.561. The van der Waals surface area contributed by atoms with E-state index in [4.69, 9.17) is 32.3 Å². The van der Waals surface area contributed by atoms with Crippen LogP contribution in [0.15, 0.2) is 23.3 Å². The number of hydrogen-bond donors (Lipinski definition) is 1. The largest absolute Gasteiger partial charge is 0.507 e. The summed E-state index contributed by atoms with van der Waals surface area (Å²) in [5.74, 6) is -0.146. The number of rotatable bonds is 18. The van der Waals surface area contributed by atoms with E-state index in [-0.39, 0.29) is 36.2 Å². The van der Waals surface area contributed by atoms with E-state index in [2.05, 4.69) is 33.5 Å². The lowest BCUT2D eigenvalue weighted by atomic mass is 9.89. The summed E-state index contributed by atoms with van der Waals surface area (Å²) < 4.78 is 61.5. The van der Waals surface area contributed by atoms with E-state index in [9.17, 15) is 23.8 Å². The maximum Gasteiger partial charge on any atom is 0.342 e. The van der Waals surface area contributed by atoms with Crippen LogP contribution in [0.25, 0.3) is 0 Å². The average Bonchev–Trinajstić information content (AvgIpc) is 3.74. The van der Waals surface area contributed by atoms with Gasteiger partial charge in [-0.3, -0.25) is 9.13 Å². The van der Waals surface area contributed by atoms with Gasteiger partial charge in [-0.15, -0.1) is 0 Å². The van der Waals surface area contributed by atoms with Crippen LogP contribution in [0.1, 0.15) is 92.9 Å². The molecule has 312 valence electrons. The van der Waals surface area contributed by atoms with Gasteiger partial charge in [0.15, 0.2) is 0 Å². The molecule has 0 amide bonds. The monoisotopic (exact) mass is 836 g/mol. The predicted octanol–water partition coefficient (Wildman–Crippen LogP) is 9.83. The van der Waals surface area contributed by atoms with E-state index in [1.165, 1.54) is 34.0 Å². The van der Waals surface area contributed by atoms with Crippen LogP contribution in [-0.2, 0) is 75.6 Å². The second-order valence-corrected chi connectivity index (χ2v) is 25.5. The van der Waals surface area contributed by atoms with Gasteiger partial charge in [-0.2, -0.15) is 0 Å². The highest BCUT2D eigenvalue weighted by Gasteiger charge is 2.33. The highest BCUT2D eigenvalue weighted by Crippen LogP contribution is 2.49. The third-order valence-corrected chi connectivity index (χ3v) is 16.1. The molecule has 2 aliphatic heterocycles. The van der Waals surface area contributed by atoms with Crippen LogP contribution < -0.4 is 4.74 Å². The Morgan fingerprint density at radius 3 is 1.55 bits per heavy atom. The van der Waals surface area contributed by atoms with Crippen molar-refractivity contribution in [3.8, 4) is 11.5 Å². The number of aromatic hydroxyl groups is 1. The van der Waals surface area contributed by atoms with Gasteiger partial charge in [0.1, 0.15) is 35.8 Å². The first-order valence-electron chi connectivity index (χ1n) is 19.0. The number of cyclic esters (lactones) is 2. The second kappa shape index (κ2) is 20.1. The minimum Gasteiger partial charge on any atom is -0.507 e. The molecule has 0 radical (unpaired) electrons. The summed E-state index contributed by atoms with van der Waals surface area (Å²) in [4.78, 5) is 24.5. The van der Waals surface area contributed by atoms with Gasteiger partial charge in [0, 0.05) is 58.8 Å². The third-order valence-electron chi connectivity index (χ3n) is 10.4. The molecule has 0 aromatic heterocycles. The minimum absolute atomic E-state index is 0.00864. The Kier molecular flexibility index (Phi) is 17.0. The number of ether oxygens (including phenoxy) is 3.